The van der Waals surface area contributed by atoms with Gasteiger partial charge in [0.25, 0.3) is 0 Å². The molecule has 1 aromatic carbocycles. The van der Waals surface area contributed by atoms with E-state index in [4.69, 9.17) is 0 Å². The highest BCUT2D eigenvalue weighted by Crippen LogP contribution is 2.49. The van der Waals surface area contributed by atoms with Crippen LogP contribution < -0.4 is 5.32 Å². The first-order chi connectivity index (χ1) is 7.72. The second-order valence-electron chi connectivity index (χ2n) is 5.07. The Bertz CT molecular complexity index is 321. The van der Waals surface area contributed by atoms with E-state index in [-0.39, 0.29) is 0 Å². The molecule has 0 spiro atoms. The van der Waals surface area contributed by atoms with Gasteiger partial charge >= 0.3 is 0 Å². The lowest BCUT2D eigenvalue weighted by Crippen LogP contribution is -2.38. The van der Waals surface area contributed by atoms with Crippen LogP contribution in [0.5, 0.6) is 0 Å². The number of rotatable bonds is 5. The van der Waals surface area contributed by atoms with Crippen LogP contribution in [0, 0.1) is 5.92 Å². The molecular formula is C14H22N2. The van der Waals surface area contributed by atoms with Crippen LogP contribution in [0.1, 0.15) is 17.9 Å². The molecule has 0 heterocycles. The summed E-state index contributed by atoms with van der Waals surface area (Å²) in [5.74, 6) is 1.59. The van der Waals surface area contributed by atoms with Gasteiger partial charge in [0.1, 0.15) is 0 Å². The number of nitrogens with one attached hydrogen (secondary N) is 1. The maximum Gasteiger partial charge on any atom is 0.0226 e. The van der Waals surface area contributed by atoms with Gasteiger partial charge in [0.2, 0.25) is 0 Å². The largest absolute Gasteiger partial charge is 0.315 e. The molecule has 0 saturated heterocycles. The summed E-state index contributed by atoms with van der Waals surface area (Å²) in [4.78, 5) is 2.27. The molecule has 3 atom stereocenters. The zero-order valence-electron chi connectivity index (χ0n) is 10.5. The van der Waals surface area contributed by atoms with Crippen molar-refractivity contribution in [2.45, 2.75) is 18.4 Å². The third kappa shape index (κ3) is 2.63. The van der Waals surface area contributed by atoms with E-state index in [0.717, 1.165) is 18.4 Å². The highest BCUT2D eigenvalue weighted by molar-refractivity contribution is 5.26. The van der Waals surface area contributed by atoms with E-state index in [1.54, 1.807) is 0 Å². The monoisotopic (exact) mass is 218 g/mol. The van der Waals surface area contributed by atoms with Crippen LogP contribution in [-0.4, -0.2) is 38.6 Å². The van der Waals surface area contributed by atoms with Gasteiger partial charge in [0.05, 0.1) is 0 Å². The number of hydrogen-bond acceptors (Lipinski definition) is 2. The molecule has 16 heavy (non-hydrogen) atoms. The van der Waals surface area contributed by atoms with Crippen molar-refractivity contribution in [2.24, 2.45) is 5.92 Å². The molecule has 2 nitrogen and oxygen atoms in total. The van der Waals surface area contributed by atoms with Gasteiger partial charge in [0.15, 0.2) is 0 Å². The molecule has 0 radical (unpaired) electrons. The Morgan fingerprint density at radius 2 is 2.00 bits per heavy atom. The fourth-order valence-corrected chi connectivity index (χ4v) is 2.58. The summed E-state index contributed by atoms with van der Waals surface area (Å²) >= 11 is 0. The molecule has 0 bridgehead atoms. The SMILES string of the molecule is CNC(CN(C)C)C1CC1c1ccccc1. The minimum Gasteiger partial charge on any atom is -0.315 e. The van der Waals surface area contributed by atoms with Crippen LogP contribution in [0.15, 0.2) is 30.3 Å². The standard InChI is InChI=1S/C14H22N2/c1-15-14(10-16(2)3)13-9-12(13)11-7-5-4-6-8-11/h4-8,12-15H,9-10H2,1-3H3. The van der Waals surface area contributed by atoms with Gasteiger partial charge in [0, 0.05) is 12.6 Å². The molecule has 2 rings (SSSR count). The van der Waals surface area contributed by atoms with E-state index in [2.05, 4.69) is 61.7 Å². The Morgan fingerprint density at radius 3 is 2.56 bits per heavy atom. The Labute approximate surface area is 98.7 Å². The Hall–Kier alpha value is -0.860. The number of nitrogens with zero attached hydrogens (tertiary/aromatic N) is 1. The maximum atomic E-state index is 3.45. The normalized spacial score (nSPS) is 25.8. The first-order valence-corrected chi connectivity index (χ1v) is 6.09. The summed E-state index contributed by atoms with van der Waals surface area (Å²) in [6.07, 6.45) is 1.34. The predicted molar refractivity (Wildman–Crippen MR) is 68.7 cm³/mol. The fraction of sp³-hybridized carbons (Fsp3) is 0.571. The van der Waals surface area contributed by atoms with Crippen LogP contribution >= 0.6 is 0 Å². The van der Waals surface area contributed by atoms with E-state index in [1.807, 2.05) is 0 Å². The lowest BCUT2D eigenvalue weighted by molar-refractivity contribution is 0.325. The highest BCUT2D eigenvalue weighted by Gasteiger charge is 2.43. The van der Waals surface area contributed by atoms with Crippen molar-refractivity contribution in [2.75, 3.05) is 27.7 Å². The summed E-state index contributed by atoms with van der Waals surface area (Å²) in [5.41, 5.74) is 1.51. The number of likely N-dealkylation sites (N-methyl/N-ethyl adjacent to an activating group) is 2. The molecular weight excluding hydrogens is 196 g/mol. The van der Waals surface area contributed by atoms with Gasteiger partial charge in [-0.1, -0.05) is 30.3 Å². The van der Waals surface area contributed by atoms with Gasteiger partial charge < -0.3 is 10.2 Å². The average molecular weight is 218 g/mol. The highest BCUT2D eigenvalue weighted by atomic mass is 15.1. The van der Waals surface area contributed by atoms with Crippen LogP contribution in [0.2, 0.25) is 0 Å². The van der Waals surface area contributed by atoms with Gasteiger partial charge in [-0.15, -0.1) is 0 Å². The van der Waals surface area contributed by atoms with Crippen LogP contribution in [0.25, 0.3) is 0 Å². The summed E-state index contributed by atoms with van der Waals surface area (Å²) in [7, 11) is 6.36. The molecule has 1 aliphatic carbocycles. The lowest BCUT2D eigenvalue weighted by Gasteiger charge is -2.20. The van der Waals surface area contributed by atoms with E-state index in [9.17, 15) is 0 Å². The molecule has 1 aromatic rings. The van der Waals surface area contributed by atoms with Crippen LogP contribution in [0.4, 0.5) is 0 Å². The molecule has 2 heteroatoms. The van der Waals surface area contributed by atoms with Crippen molar-refractivity contribution >= 4 is 0 Å². The second-order valence-corrected chi connectivity index (χ2v) is 5.07. The summed E-state index contributed by atoms with van der Waals surface area (Å²) in [6.45, 7) is 1.13. The van der Waals surface area contributed by atoms with Crippen molar-refractivity contribution < 1.29 is 0 Å². The quantitative estimate of drug-likeness (QED) is 0.812. The topological polar surface area (TPSA) is 15.3 Å². The smallest absolute Gasteiger partial charge is 0.0226 e. The third-order valence-corrected chi connectivity index (χ3v) is 3.52. The fourth-order valence-electron chi connectivity index (χ4n) is 2.58. The van der Waals surface area contributed by atoms with Crippen LogP contribution in [-0.2, 0) is 0 Å². The zero-order chi connectivity index (χ0) is 11.5. The van der Waals surface area contributed by atoms with Gasteiger partial charge in [-0.05, 0) is 45.0 Å². The minimum absolute atomic E-state index is 0.625. The van der Waals surface area contributed by atoms with Gasteiger partial charge in [-0.3, -0.25) is 0 Å². The van der Waals surface area contributed by atoms with E-state index >= 15 is 0 Å². The predicted octanol–water partition coefficient (Wildman–Crippen LogP) is 1.94. The second kappa shape index (κ2) is 4.98. The van der Waals surface area contributed by atoms with Crippen molar-refractivity contribution in [3.8, 4) is 0 Å². The van der Waals surface area contributed by atoms with Gasteiger partial charge in [-0.2, -0.15) is 0 Å². The van der Waals surface area contributed by atoms with Gasteiger partial charge in [-0.25, -0.2) is 0 Å². The van der Waals surface area contributed by atoms with E-state index in [0.29, 0.717) is 6.04 Å². The molecule has 1 saturated carbocycles. The Balaban J connectivity index is 1.94. The first-order valence-electron chi connectivity index (χ1n) is 6.09. The van der Waals surface area contributed by atoms with Crippen molar-refractivity contribution in [3.63, 3.8) is 0 Å². The van der Waals surface area contributed by atoms with E-state index in [1.165, 1.54) is 12.0 Å². The molecule has 1 fully saturated rings. The molecule has 1 N–H and O–H groups in total. The van der Waals surface area contributed by atoms with Crippen molar-refractivity contribution in [1.29, 1.82) is 0 Å². The number of hydrogen-bond donors (Lipinski definition) is 1. The Kier molecular flexibility index (Phi) is 3.62. The van der Waals surface area contributed by atoms with E-state index < -0.39 is 0 Å². The molecule has 0 aliphatic heterocycles. The Morgan fingerprint density at radius 1 is 1.31 bits per heavy atom. The number of benzene rings is 1. The minimum atomic E-state index is 0.625. The maximum absolute atomic E-state index is 3.45. The lowest BCUT2D eigenvalue weighted by atomic mass is 10.1. The molecule has 88 valence electrons. The third-order valence-electron chi connectivity index (χ3n) is 3.52. The summed E-state index contributed by atoms with van der Waals surface area (Å²) in [6, 6.07) is 11.5. The van der Waals surface area contributed by atoms with Crippen molar-refractivity contribution in [3.05, 3.63) is 35.9 Å². The zero-order valence-corrected chi connectivity index (χ0v) is 10.5. The molecule has 3 unspecified atom stereocenters. The van der Waals surface area contributed by atoms with Crippen molar-refractivity contribution in [1.82, 2.24) is 10.2 Å². The summed E-state index contributed by atoms with van der Waals surface area (Å²) in [5, 5.41) is 3.45. The molecule has 0 amide bonds. The molecule has 0 aromatic heterocycles. The summed E-state index contributed by atoms with van der Waals surface area (Å²) < 4.78 is 0. The first kappa shape index (κ1) is 11.6. The van der Waals surface area contributed by atoms with Crippen LogP contribution in [0.3, 0.4) is 0 Å². The molecule has 1 aliphatic rings. The average Bonchev–Trinajstić information content (AvgIpc) is 3.07.